The second kappa shape index (κ2) is 6.74. The Balaban J connectivity index is 2.49. The number of sulfone groups is 1. The van der Waals surface area contributed by atoms with Crippen LogP contribution in [0.3, 0.4) is 0 Å². The molecule has 0 spiro atoms. The first-order valence-electron chi connectivity index (χ1n) is 6.52. The zero-order chi connectivity index (χ0) is 14.7. The van der Waals surface area contributed by atoms with Gasteiger partial charge in [-0.05, 0) is 46.0 Å². The highest BCUT2D eigenvalue weighted by Gasteiger charge is 2.36. The minimum absolute atomic E-state index is 0.0945. The fourth-order valence-electron chi connectivity index (χ4n) is 2.18. The number of thioether (sulfide) groups is 1. The highest BCUT2D eigenvalue weighted by molar-refractivity contribution is 8.02. The molecule has 0 radical (unpaired) electrons. The Hall–Kier alpha value is 0.150. The van der Waals surface area contributed by atoms with Gasteiger partial charge < -0.3 is 10.6 Å². The van der Waals surface area contributed by atoms with Crippen LogP contribution in [0, 0.1) is 0 Å². The summed E-state index contributed by atoms with van der Waals surface area (Å²) >= 11 is 6.89. The molecule has 0 aromatic carbocycles. The van der Waals surface area contributed by atoms with E-state index in [1.54, 1.807) is 25.6 Å². The lowest BCUT2D eigenvalue weighted by molar-refractivity contribution is 0.232. The minimum atomic E-state index is -2.95. The lowest BCUT2D eigenvalue weighted by Gasteiger charge is -2.40. The van der Waals surface area contributed by atoms with Gasteiger partial charge in [0, 0.05) is 6.54 Å². The molecule has 1 heterocycles. The van der Waals surface area contributed by atoms with Crippen LogP contribution in [0.25, 0.3) is 0 Å². The van der Waals surface area contributed by atoms with E-state index in [1.807, 2.05) is 6.26 Å². The Morgan fingerprint density at radius 1 is 1.42 bits per heavy atom. The second-order valence-electron chi connectivity index (χ2n) is 5.32. The van der Waals surface area contributed by atoms with Gasteiger partial charge in [-0.3, -0.25) is 0 Å². The van der Waals surface area contributed by atoms with Crippen LogP contribution in [-0.4, -0.2) is 59.9 Å². The van der Waals surface area contributed by atoms with E-state index in [0.717, 1.165) is 25.9 Å². The maximum absolute atomic E-state index is 11.8. The molecule has 0 aliphatic carbocycles. The fourth-order valence-corrected chi connectivity index (χ4v) is 4.41. The predicted molar refractivity (Wildman–Crippen MR) is 87.6 cm³/mol. The molecule has 0 aromatic rings. The Kier molecular flexibility index (Phi) is 6.10. The van der Waals surface area contributed by atoms with E-state index in [9.17, 15) is 8.42 Å². The summed E-state index contributed by atoms with van der Waals surface area (Å²) in [6.07, 6.45) is 3.86. The summed E-state index contributed by atoms with van der Waals surface area (Å²) in [5, 5.41) is -0.292. The van der Waals surface area contributed by atoms with Crippen molar-refractivity contribution in [3.8, 4) is 0 Å². The lowest BCUT2D eigenvalue weighted by Crippen LogP contribution is -2.50. The van der Waals surface area contributed by atoms with Crippen molar-refractivity contribution >= 4 is 38.8 Å². The zero-order valence-corrected chi connectivity index (χ0v) is 14.3. The summed E-state index contributed by atoms with van der Waals surface area (Å²) in [5.74, 6) is 0.240. The number of rotatable bonds is 6. The van der Waals surface area contributed by atoms with Crippen molar-refractivity contribution in [2.45, 2.75) is 36.7 Å². The van der Waals surface area contributed by atoms with Crippen LogP contribution in [0.5, 0.6) is 0 Å². The molecule has 19 heavy (non-hydrogen) atoms. The molecule has 0 amide bonds. The monoisotopic (exact) mass is 324 g/mol. The molecule has 1 rings (SSSR count). The van der Waals surface area contributed by atoms with Gasteiger partial charge in [0.25, 0.3) is 0 Å². The van der Waals surface area contributed by atoms with Crippen molar-refractivity contribution in [1.29, 1.82) is 0 Å². The van der Waals surface area contributed by atoms with E-state index in [0.29, 0.717) is 11.5 Å². The molecule has 7 heteroatoms. The Morgan fingerprint density at radius 3 is 2.32 bits per heavy atom. The number of hydrogen-bond donors (Lipinski definition) is 1. The van der Waals surface area contributed by atoms with Crippen LogP contribution in [-0.2, 0) is 9.84 Å². The minimum Gasteiger partial charge on any atom is -0.392 e. The third kappa shape index (κ3) is 4.31. The quantitative estimate of drug-likeness (QED) is 0.743. The molecule has 4 nitrogen and oxygen atoms in total. The molecular formula is C12H24N2O2S3. The van der Waals surface area contributed by atoms with Gasteiger partial charge in [0.05, 0.1) is 20.7 Å². The molecule has 1 saturated heterocycles. The van der Waals surface area contributed by atoms with E-state index in [4.69, 9.17) is 18.0 Å². The summed E-state index contributed by atoms with van der Waals surface area (Å²) in [7, 11) is -2.95. The normalized spacial score (nSPS) is 20.6. The predicted octanol–water partition coefficient (Wildman–Crippen LogP) is 1.29. The topological polar surface area (TPSA) is 63.4 Å². The van der Waals surface area contributed by atoms with E-state index in [1.165, 1.54) is 0 Å². The first-order valence-corrected chi connectivity index (χ1v) is 9.87. The largest absolute Gasteiger partial charge is 0.392 e. The van der Waals surface area contributed by atoms with Crippen LogP contribution < -0.4 is 5.73 Å². The molecule has 1 aliphatic heterocycles. The molecular weight excluding hydrogens is 300 g/mol. The molecule has 0 unspecified atom stereocenters. The summed E-state index contributed by atoms with van der Waals surface area (Å²) < 4.78 is 23.5. The number of thiocarbonyl (C=S) groups is 1. The maximum atomic E-state index is 11.8. The van der Waals surface area contributed by atoms with E-state index in [-0.39, 0.29) is 15.7 Å². The average molecular weight is 325 g/mol. The van der Waals surface area contributed by atoms with Crippen molar-refractivity contribution in [3.63, 3.8) is 0 Å². The zero-order valence-electron chi connectivity index (χ0n) is 11.9. The number of piperidine rings is 1. The molecule has 112 valence electrons. The van der Waals surface area contributed by atoms with Crippen LogP contribution in [0.15, 0.2) is 0 Å². The standard InChI is InChI=1S/C12H24N2O2S3/c1-10(2)19(15,16)9-8-14-6-4-12(18-3,5-7-14)11(13)17/h10H,4-9H2,1-3H3,(H2,13,17). The molecule has 0 bridgehead atoms. The number of nitrogens with zero attached hydrogens (tertiary/aromatic N) is 1. The molecule has 0 saturated carbocycles. The van der Waals surface area contributed by atoms with Crippen LogP contribution >= 0.6 is 24.0 Å². The Labute approximate surface area is 126 Å². The van der Waals surface area contributed by atoms with Crippen LogP contribution in [0.1, 0.15) is 26.7 Å². The highest BCUT2D eigenvalue weighted by Crippen LogP contribution is 2.34. The van der Waals surface area contributed by atoms with Crippen molar-refractivity contribution in [3.05, 3.63) is 0 Å². The average Bonchev–Trinajstić information content (AvgIpc) is 2.36. The number of likely N-dealkylation sites (tertiary alicyclic amines) is 1. The molecule has 2 N–H and O–H groups in total. The van der Waals surface area contributed by atoms with Crippen molar-refractivity contribution in [2.24, 2.45) is 5.73 Å². The van der Waals surface area contributed by atoms with Crippen molar-refractivity contribution < 1.29 is 8.42 Å². The van der Waals surface area contributed by atoms with Gasteiger partial charge in [-0.15, -0.1) is 0 Å². The third-order valence-electron chi connectivity index (χ3n) is 3.91. The van der Waals surface area contributed by atoms with Crippen molar-refractivity contribution in [1.82, 2.24) is 4.90 Å². The first-order chi connectivity index (χ1) is 8.73. The first kappa shape index (κ1) is 17.2. The van der Waals surface area contributed by atoms with Gasteiger partial charge in [0.2, 0.25) is 0 Å². The smallest absolute Gasteiger partial charge is 0.153 e. The van der Waals surface area contributed by atoms with E-state index < -0.39 is 9.84 Å². The van der Waals surface area contributed by atoms with Gasteiger partial charge in [-0.1, -0.05) is 12.2 Å². The fraction of sp³-hybridized carbons (Fsp3) is 0.917. The maximum Gasteiger partial charge on any atom is 0.153 e. The molecule has 0 aromatic heterocycles. The third-order valence-corrected chi connectivity index (χ3v) is 8.03. The number of nitrogens with two attached hydrogens (primary N) is 1. The van der Waals surface area contributed by atoms with Gasteiger partial charge >= 0.3 is 0 Å². The van der Waals surface area contributed by atoms with Gasteiger partial charge in [0.15, 0.2) is 9.84 Å². The SMILES string of the molecule is CSC1(C(N)=S)CCN(CCS(=O)(=O)C(C)C)CC1. The van der Waals surface area contributed by atoms with E-state index >= 15 is 0 Å². The summed E-state index contributed by atoms with van der Waals surface area (Å²) in [6.45, 7) is 5.81. The van der Waals surface area contributed by atoms with Crippen LogP contribution in [0.2, 0.25) is 0 Å². The second-order valence-corrected chi connectivity index (χ2v) is 9.63. The Bertz CT molecular complexity index is 413. The van der Waals surface area contributed by atoms with Crippen LogP contribution in [0.4, 0.5) is 0 Å². The summed E-state index contributed by atoms with van der Waals surface area (Å²) in [4.78, 5) is 2.78. The molecule has 1 fully saturated rings. The van der Waals surface area contributed by atoms with Crippen molar-refractivity contribution in [2.75, 3.05) is 31.6 Å². The Morgan fingerprint density at radius 2 is 1.95 bits per heavy atom. The van der Waals surface area contributed by atoms with Gasteiger partial charge in [0.1, 0.15) is 0 Å². The highest BCUT2D eigenvalue weighted by atomic mass is 32.2. The molecule has 1 aliphatic rings. The number of hydrogen-bond acceptors (Lipinski definition) is 5. The lowest BCUT2D eigenvalue weighted by atomic mass is 9.95. The van der Waals surface area contributed by atoms with Gasteiger partial charge in [-0.2, -0.15) is 11.8 Å². The summed E-state index contributed by atoms with van der Waals surface area (Å²) in [6, 6.07) is 0. The summed E-state index contributed by atoms with van der Waals surface area (Å²) in [5.41, 5.74) is 5.84. The van der Waals surface area contributed by atoms with Gasteiger partial charge in [-0.25, -0.2) is 8.42 Å². The van der Waals surface area contributed by atoms with E-state index in [2.05, 4.69) is 4.90 Å². The molecule has 0 atom stereocenters.